The largest absolute Gasteiger partial charge is 0.396 e. The molecule has 0 aliphatic carbocycles. The van der Waals surface area contributed by atoms with Crippen LogP contribution >= 0.6 is 0 Å². The highest BCUT2D eigenvalue weighted by Gasteiger charge is 2.23. The number of carbonyl (C=O) groups is 1. The number of nitrogens with zero attached hydrogens (tertiary/aromatic N) is 2. The summed E-state index contributed by atoms with van der Waals surface area (Å²) < 4.78 is 1.83. The lowest BCUT2D eigenvalue weighted by atomic mass is 9.95. The zero-order chi connectivity index (χ0) is 14.1. The summed E-state index contributed by atoms with van der Waals surface area (Å²) in [5.41, 5.74) is -0.346. The van der Waals surface area contributed by atoms with E-state index in [1.165, 1.54) is 0 Å². The van der Waals surface area contributed by atoms with E-state index in [0.717, 1.165) is 19.4 Å². The first kappa shape index (κ1) is 15.5. The molecule has 0 spiro atoms. The van der Waals surface area contributed by atoms with Gasteiger partial charge in [0.25, 0.3) is 0 Å². The minimum absolute atomic E-state index is 0.0733. The highest BCUT2D eigenvalue weighted by atomic mass is 16.3. The molecule has 0 radical (unpaired) electrons. The lowest BCUT2D eigenvalue weighted by molar-refractivity contribution is 0.201. The zero-order valence-corrected chi connectivity index (χ0v) is 11.7. The zero-order valence-electron chi connectivity index (χ0n) is 11.7. The standard InChI is InChI=1S/C13H24N4O2/c1-3-13(2,6-11-18)16-12(19)14-7-4-9-17-10-5-8-15-17/h5,8,10,18H,3-4,6-7,9,11H2,1-2H3,(H2,14,16,19). The molecule has 1 heterocycles. The number of amides is 2. The molecular weight excluding hydrogens is 244 g/mol. The van der Waals surface area contributed by atoms with E-state index in [4.69, 9.17) is 5.11 Å². The molecule has 0 aliphatic heterocycles. The second kappa shape index (κ2) is 7.78. The average molecular weight is 268 g/mol. The number of urea groups is 1. The number of hydrogen-bond acceptors (Lipinski definition) is 3. The summed E-state index contributed by atoms with van der Waals surface area (Å²) in [7, 11) is 0. The third-order valence-corrected chi connectivity index (χ3v) is 3.27. The van der Waals surface area contributed by atoms with E-state index in [1.54, 1.807) is 6.20 Å². The Labute approximate surface area is 114 Å². The van der Waals surface area contributed by atoms with Gasteiger partial charge in [0.1, 0.15) is 0 Å². The Morgan fingerprint density at radius 3 is 2.89 bits per heavy atom. The van der Waals surface area contributed by atoms with Gasteiger partial charge in [-0.15, -0.1) is 0 Å². The van der Waals surface area contributed by atoms with Crippen molar-refractivity contribution in [1.29, 1.82) is 0 Å². The summed E-state index contributed by atoms with van der Waals surface area (Å²) in [6.07, 6.45) is 5.81. The molecule has 1 rings (SSSR count). The van der Waals surface area contributed by atoms with Gasteiger partial charge in [-0.3, -0.25) is 4.68 Å². The number of aliphatic hydroxyl groups is 1. The van der Waals surface area contributed by atoms with Crippen molar-refractivity contribution < 1.29 is 9.90 Å². The number of hydrogen-bond donors (Lipinski definition) is 3. The van der Waals surface area contributed by atoms with Crippen molar-refractivity contribution in [3.05, 3.63) is 18.5 Å². The Bertz CT molecular complexity index is 367. The first-order chi connectivity index (χ1) is 9.09. The number of aryl methyl sites for hydroxylation is 1. The Hall–Kier alpha value is -1.56. The van der Waals surface area contributed by atoms with Gasteiger partial charge in [0.2, 0.25) is 0 Å². The van der Waals surface area contributed by atoms with Crippen LogP contribution in [0.25, 0.3) is 0 Å². The number of carbonyl (C=O) groups excluding carboxylic acids is 1. The van der Waals surface area contributed by atoms with Gasteiger partial charge in [0.05, 0.1) is 0 Å². The molecule has 1 aromatic heterocycles. The Kier molecular flexibility index (Phi) is 6.35. The van der Waals surface area contributed by atoms with Gasteiger partial charge in [0, 0.05) is 37.6 Å². The van der Waals surface area contributed by atoms with Crippen molar-refractivity contribution in [1.82, 2.24) is 20.4 Å². The van der Waals surface area contributed by atoms with Crippen LogP contribution in [0.4, 0.5) is 4.79 Å². The smallest absolute Gasteiger partial charge is 0.315 e. The quantitative estimate of drug-likeness (QED) is 0.618. The van der Waals surface area contributed by atoms with Crippen molar-refractivity contribution in [2.45, 2.75) is 45.2 Å². The van der Waals surface area contributed by atoms with Crippen LogP contribution in [0.5, 0.6) is 0 Å². The van der Waals surface area contributed by atoms with Crippen LogP contribution < -0.4 is 10.6 Å². The molecular formula is C13H24N4O2. The summed E-state index contributed by atoms with van der Waals surface area (Å²) in [5.74, 6) is 0. The highest BCUT2D eigenvalue weighted by molar-refractivity contribution is 5.74. The third kappa shape index (κ3) is 5.74. The summed E-state index contributed by atoms with van der Waals surface area (Å²) in [6, 6.07) is 1.69. The maximum atomic E-state index is 11.7. The van der Waals surface area contributed by atoms with Crippen LogP contribution in [-0.4, -0.2) is 39.6 Å². The van der Waals surface area contributed by atoms with E-state index in [0.29, 0.717) is 13.0 Å². The van der Waals surface area contributed by atoms with E-state index in [9.17, 15) is 4.79 Å². The number of aliphatic hydroxyl groups excluding tert-OH is 1. The first-order valence-corrected chi connectivity index (χ1v) is 6.74. The normalized spacial score (nSPS) is 13.8. The van der Waals surface area contributed by atoms with E-state index in [-0.39, 0.29) is 18.2 Å². The van der Waals surface area contributed by atoms with Crippen LogP contribution in [-0.2, 0) is 6.54 Å². The lowest BCUT2D eigenvalue weighted by Gasteiger charge is -2.29. The Morgan fingerprint density at radius 1 is 1.53 bits per heavy atom. The molecule has 0 aromatic carbocycles. The molecule has 1 unspecified atom stereocenters. The predicted octanol–water partition coefficient (Wildman–Crippen LogP) is 1.12. The molecule has 0 saturated carbocycles. The van der Waals surface area contributed by atoms with Crippen molar-refractivity contribution in [2.75, 3.05) is 13.2 Å². The van der Waals surface area contributed by atoms with E-state index >= 15 is 0 Å². The van der Waals surface area contributed by atoms with Gasteiger partial charge in [-0.2, -0.15) is 5.10 Å². The molecule has 0 saturated heterocycles. The minimum Gasteiger partial charge on any atom is -0.396 e. The molecule has 19 heavy (non-hydrogen) atoms. The molecule has 1 atom stereocenters. The molecule has 0 bridgehead atoms. The first-order valence-electron chi connectivity index (χ1n) is 6.74. The molecule has 108 valence electrons. The van der Waals surface area contributed by atoms with Crippen molar-refractivity contribution in [3.63, 3.8) is 0 Å². The second-order valence-electron chi connectivity index (χ2n) is 4.89. The van der Waals surface area contributed by atoms with Crippen LogP contribution in [0.1, 0.15) is 33.1 Å². The Morgan fingerprint density at radius 2 is 2.32 bits per heavy atom. The van der Waals surface area contributed by atoms with Gasteiger partial charge in [-0.1, -0.05) is 6.92 Å². The summed E-state index contributed by atoms with van der Waals surface area (Å²) in [6.45, 7) is 5.39. The fraction of sp³-hybridized carbons (Fsp3) is 0.692. The van der Waals surface area contributed by atoms with Crippen molar-refractivity contribution in [3.8, 4) is 0 Å². The second-order valence-corrected chi connectivity index (χ2v) is 4.89. The highest BCUT2D eigenvalue weighted by Crippen LogP contribution is 2.13. The van der Waals surface area contributed by atoms with E-state index in [2.05, 4.69) is 15.7 Å². The molecule has 2 amide bonds. The van der Waals surface area contributed by atoms with Crippen LogP contribution in [0.15, 0.2) is 18.5 Å². The summed E-state index contributed by atoms with van der Waals surface area (Å²) >= 11 is 0. The predicted molar refractivity (Wildman–Crippen MR) is 73.8 cm³/mol. The van der Waals surface area contributed by atoms with Gasteiger partial charge >= 0.3 is 6.03 Å². The molecule has 0 aliphatic rings. The number of rotatable bonds is 8. The average Bonchev–Trinajstić information content (AvgIpc) is 2.88. The van der Waals surface area contributed by atoms with Gasteiger partial charge in [-0.05, 0) is 32.3 Å². The van der Waals surface area contributed by atoms with Gasteiger partial charge < -0.3 is 15.7 Å². The molecule has 0 fully saturated rings. The van der Waals surface area contributed by atoms with Crippen LogP contribution in [0, 0.1) is 0 Å². The molecule has 6 nitrogen and oxygen atoms in total. The fourth-order valence-electron chi connectivity index (χ4n) is 1.77. The van der Waals surface area contributed by atoms with E-state index < -0.39 is 0 Å². The number of aromatic nitrogens is 2. The van der Waals surface area contributed by atoms with E-state index in [1.807, 2.05) is 30.8 Å². The van der Waals surface area contributed by atoms with Gasteiger partial charge in [0.15, 0.2) is 0 Å². The minimum atomic E-state index is -0.346. The third-order valence-electron chi connectivity index (χ3n) is 3.27. The molecule has 6 heteroatoms. The number of nitrogens with one attached hydrogen (secondary N) is 2. The van der Waals surface area contributed by atoms with Crippen molar-refractivity contribution >= 4 is 6.03 Å². The maximum Gasteiger partial charge on any atom is 0.315 e. The Balaban J connectivity index is 2.20. The van der Waals surface area contributed by atoms with Crippen LogP contribution in [0.2, 0.25) is 0 Å². The van der Waals surface area contributed by atoms with Gasteiger partial charge in [-0.25, -0.2) is 4.79 Å². The monoisotopic (exact) mass is 268 g/mol. The maximum absolute atomic E-state index is 11.7. The van der Waals surface area contributed by atoms with Crippen LogP contribution in [0.3, 0.4) is 0 Å². The fourth-order valence-corrected chi connectivity index (χ4v) is 1.77. The van der Waals surface area contributed by atoms with Crippen molar-refractivity contribution in [2.24, 2.45) is 0 Å². The molecule has 3 N–H and O–H groups in total. The topological polar surface area (TPSA) is 79.2 Å². The molecule has 1 aromatic rings. The SMILES string of the molecule is CCC(C)(CCO)NC(=O)NCCCn1cccn1. The summed E-state index contributed by atoms with van der Waals surface area (Å²) in [4.78, 5) is 11.7. The summed E-state index contributed by atoms with van der Waals surface area (Å²) in [5, 5.41) is 18.8. The lowest BCUT2D eigenvalue weighted by Crippen LogP contribution is -2.50.